The number of thioether (sulfide) groups is 1. The molecule has 0 aromatic heterocycles. The lowest BCUT2D eigenvalue weighted by molar-refractivity contribution is -0.129. The molecule has 1 aliphatic heterocycles. The zero-order valence-electron chi connectivity index (χ0n) is 21.8. The molecule has 1 fully saturated rings. The van der Waals surface area contributed by atoms with Crippen LogP contribution in [0.5, 0.6) is 11.5 Å². The van der Waals surface area contributed by atoms with Gasteiger partial charge in [-0.2, -0.15) is 0 Å². The molecule has 0 spiro atoms. The first-order valence-electron chi connectivity index (χ1n) is 12.2. The molecule has 3 aromatic carbocycles. The van der Waals surface area contributed by atoms with Gasteiger partial charge in [0.05, 0.1) is 19.9 Å². The van der Waals surface area contributed by atoms with Gasteiger partial charge in [-0.25, -0.2) is 9.38 Å². The van der Waals surface area contributed by atoms with Gasteiger partial charge in [0.25, 0.3) is 0 Å². The van der Waals surface area contributed by atoms with Crippen molar-refractivity contribution in [2.24, 2.45) is 4.99 Å². The second kappa shape index (κ2) is 12.1. The maximum absolute atomic E-state index is 13.5. The van der Waals surface area contributed by atoms with Gasteiger partial charge in [0.1, 0.15) is 11.1 Å². The minimum atomic E-state index is -0.653. The molecule has 1 atom stereocenters. The Morgan fingerprint density at radius 3 is 2.47 bits per heavy atom. The summed E-state index contributed by atoms with van der Waals surface area (Å²) >= 11 is 1.23. The second-order valence-corrected chi connectivity index (χ2v) is 10.1. The number of hydrogen-bond acceptors (Lipinski definition) is 6. The van der Waals surface area contributed by atoms with Gasteiger partial charge in [-0.05, 0) is 73.9 Å². The van der Waals surface area contributed by atoms with Crippen LogP contribution in [0.3, 0.4) is 0 Å². The topological polar surface area (TPSA) is 80.2 Å². The van der Waals surface area contributed by atoms with Crippen molar-refractivity contribution in [1.82, 2.24) is 4.90 Å². The Bertz CT molecular complexity index is 1360. The third-order valence-electron chi connectivity index (χ3n) is 6.20. The first-order chi connectivity index (χ1) is 18.3. The first-order valence-corrected chi connectivity index (χ1v) is 13.1. The lowest BCUT2D eigenvalue weighted by atomic mass is 10.1. The third-order valence-corrected chi connectivity index (χ3v) is 7.38. The van der Waals surface area contributed by atoms with Crippen molar-refractivity contribution in [1.29, 1.82) is 0 Å². The highest BCUT2D eigenvalue weighted by Gasteiger charge is 2.36. The van der Waals surface area contributed by atoms with Crippen LogP contribution >= 0.6 is 11.8 Å². The lowest BCUT2D eigenvalue weighted by Crippen LogP contribution is -2.46. The fourth-order valence-corrected chi connectivity index (χ4v) is 5.26. The van der Waals surface area contributed by atoms with E-state index < -0.39 is 5.25 Å². The molecule has 9 heteroatoms. The van der Waals surface area contributed by atoms with Gasteiger partial charge in [-0.1, -0.05) is 35.5 Å². The second-order valence-electron chi connectivity index (χ2n) is 8.97. The van der Waals surface area contributed by atoms with Gasteiger partial charge in [0.15, 0.2) is 16.7 Å². The number of nitrogens with zero attached hydrogens (tertiary/aromatic N) is 2. The Kier molecular flexibility index (Phi) is 8.68. The summed E-state index contributed by atoms with van der Waals surface area (Å²) in [5.41, 5.74) is 4.20. The molecule has 198 valence electrons. The lowest BCUT2D eigenvalue weighted by Gasteiger charge is -2.32. The molecule has 38 heavy (non-hydrogen) atoms. The van der Waals surface area contributed by atoms with Gasteiger partial charge in [0.2, 0.25) is 11.8 Å². The smallest absolute Gasteiger partial charge is 0.238 e. The minimum absolute atomic E-state index is 0.0375. The highest BCUT2D eigenvalue weighted by atomic mass is 32.2. The van der Waals surface area contributed by atoms with E-state index >= 15 is 0 Å². The number of amides is 2. The standard InChI is InChI=1S/C29H30FN3O4S/c1-18-5-11-23(19(2)15-18)32-28(35)26-17-27(34)33(29(38-26)31-22-9-7-21(30)8-10-22)14-13-20-6-12-24(36-3)25(16-20)37-4/h5-12,15-16,26H,13-14,17H2,1-4H3,(H,32,35). The molecule has 0 aliphatic carbocycles. The van der Waals surface area contributed by atoms with Crippen molar-refractivity contribution in [2.75, 3.05) is 26.1 Å². The maximum atomic E-state index is 13.5. The van der Waals surface area contributed by atoms with Crippen LogP contribution in [0.4, 0.5) is 15.8 Å². The van der Waals surface area contributed by atoms with E-state index in [1.807, 2.05) is 50.2 Å². The third kappa shape index (κ3) is 6.52. The molecule has 1 aliphatic rings. The zero-order chi connectivity index (χ0) is 27.2. The van der Waals surface area contributed by atoms with Gasteiger partial charge in [0, 0.05) is 18.7 Å². The summed E-state index contributed by atoms with van der Waals surface area (Å²) in [5, 5.41) is 2.70. The molecular formula is C29H30FN3O4S. The van der Waals surface area contributed by atoms with Crippen LogP contribution in [0.15, 0.2) is 65.7 Å². The van der Waals surface area contributed by atoms with Crippen molar-refractivity contribution < 1.29 is 23.5 Å². The summed E-state index contributed by atoms with van der Waals surface area (Å²) in [4.78, 5) is 32.7. The highest BCUT2D eigenvalue weighted by molar-refractivity contribution is 8.15. The number of carbonyl (C=O) groups excluding carboxylic acids is 2. The Morgan fingerprint density at radius 1 is 1.05 bits per heavy atom. The fraction of sp³-hybridized carbons (Fsp3) is 0.276. The van der Waals surface area contributed by atoms with Crippen LogP contribution in [0.2, 0.25) is 0 Å². The summed E-state index contributed by atoms with van der Waals surface area (Å²) in [5.74, 6) is 0.384. The Balaban J connectivity index is 1.56. The van der Waals surface area contributed by atoms with Crippen molar-refractivity contribution in [3.63, 3.8) is 0 Å². The summed E-state index contributed by atoms with van der Waals surface area (Å²) in [7, 11) is 3.15. The molecule has 0 radical (unpaired) electrons. The van der Waals surface area contributed by atoms with Crippen LogP contribution in [0.1, 0.15) is 23.1 Å². The van der Waals surface area contributed by atoms with Crippen LogP contribution in [0, 0.1) is 19.7 Å². The fourth-order valence-electron chi connectivity index (χ4n) is 4.13. The number of carbonyl (C=O) groups is 2. The average molecular weight is 536 g/mol. The molecule has 1 heterocycles. The quantitative estimate of drug-likeness (QED) is 0.403. The number of aryl methyl sites for hydroxylation is 2. The predicted molar refractivity (Wildman–Crippen MR) is 149 cm³/mol. The summed E-state index contributed by atoms with van der Waals surface area (Å²) in [6.45, 7) is 4.27. The van der Waals surface area contributed by atoms with Crippen molar-refractivity contribution >= 4 is 40.1 Å². The molecule has 1 unspecified atom stereocenters. The summed E-state index contributed by atoms with van der Waals surface area (Å²) in [6.07, 6.45) is 0.574. The summed E-state index contributed by atoms with van der Waals surface area (Å²) < 4.78 is 24.2. The zero-order valence-corrected chi connectivity index (χ0v) is 22.6. The normalized spacial score (nSPS) is 16.4. The van der Waals surface area contributed by atoms with E-state index in [1.54, 1.807) is 31.3 Å². The summed E-state index contributed by atoms with van der Waals surface area (Å²) in [6, 6.07) is 17.1. The molecule has 4 rings (SSSR count). The van der Waals surface area contributed by atoms with Gasteiger partial charge in [-0.3, -0.25) is 14.5 Å². The number of halogens is 1. The number of hydrogen-bond donors (Lipinski definition) is 1. The van der Waals surface area contributed by atoms with E-state index in [9.17, 15) is 14.0 Å². The average Bonchev–Trinajstić information content (AvgIpc) is 2.90. The predicted octanol–water partition coefficient (Wildman–Crippen LogP) is 5.66. The van der Waals surface area contributed by atoms with E-state index in [2.05, 4.69) is 10.3 Å². The molecule has 3 aromatic rings. The van der Waals surface area contributed by atoms with Crippen molar-refractivity contribution in [3.05, 3.63) is 83.2 Å². The van der Waals surface area contributed by atoms with Gasteiger partial charge < -0.3 is 14.8 Å². The molecular weight excluding hydrogens is 505 g/mol. The Labute approximate surface area is 226 Å². The molecule has 7 nitrogen and oxygen atoms in total. The Morgan fingerprint density at radius 2 is 1.79 bits per heavy atom. The van der Waals surface area contributed by atoms with E-state index in [0.29, 0.717) is 41.0 Å². The van der Waals surface area contributed by atoms with Gasteiger partial charge in [-0.15, -0.1) is 0 Å². The van der Waals surface area contributed by atoms with Gasteiger partial charge >= 0.3 is 0 Å². The molecule has 2 amide bonds. The number of aliphatic imine (C=N–C) groups is 1. The van der Waals surface area contributed by atoms with Crippen LogP contribution in [-0.2, 0) is 16.0 Å². The van der Waals surface area contributed by atoms with E-state index in [0.717, 1.165) is 16.7 Å². The van der Waals surface area contributed by atoms with E-state index in [4.69, 9.17) is 9.47 Å². The monoisotopic (exact) mass is 535 g/mol. The molecule has 0 bridgehead atoms. The van der Waals surface area contributed by atoms with Crippen molar-refractivity contribution in [2.45, 2.75) is 31.9 Å². The number of anilines is 1. The molecule has 1 N–H and O–H groups in total. The van der Waals surface area contributed by atoms with E-state index in [1.165, 1.54) is 23.9 Å². The number of amidine groups is 1. The first kappa shape index (κ1) is 27.2. The molecule has 0 saturated carbocycles. The SMILES string of the molecule is COc1ccc(CCN2C(=O)CC(C(=O)Nc3ccc(C)cc3C)SC2=Nc2ccc(F)cc2)cc1OC. The van der Waals surface area contributed by atoms with Crippen LogP contribution in [-0.4, -0.2) is 47.9 Å². The Hall–Kier alpha value is -3.85. The number of ether oxygens (including phenoxy) is 2. The molecule has 1 saturated heterocycles. The number of methoxy groups -OCH3 is 2. The maximum Gasteiger partial charge on any atom is 0.238 e. The number of rotatable bonds is 8. The number of benzene rings is 3. The van der Waals surface area contributed by atoms with Crippen molar-refractivity contribution in [3.8, 4) is 11.5 Å². The minimum Gasteiger partial charge on any atom is -0.493 e. The highest BCUT2D eigenvalue weighted by Crippen LogP contribution is 2.32. The number of nitrogens with one attached hydrogen (secondary N) is 1. The van der Waals surface area contributed by atoms with E-state index in [-0.39, 0.29) is 24.1 Å². The van der Waals surface area contributed by atoms with Crippen LogP contribution < -0.4 is 14.8 Å². The largest absolute Gasteiger partial charge is 0.493 e. The van der Waals surface area contributed by atoms with Crippen LogP contribution in [0.25, 0.3) is 0 Å².